The van der Waals surface area contributed by atoms with E-state index in [1.54, 1.807) is 21.3 Å². The number of nitrogens with zero attached hydrogens (tertiary/aromatic N) is 9. The van der Waals surface area contributed by atoms with E-state index in [1.807, 2.05) is 35.2 Å². The molecule has 0 amide bonds. The zero-order valence-electron chi connectivity index (χ0n) is 17.2. The fraction of sp³-hybridized carbons (Fsp3) is 0.200. The second-order valence-corrected chi connectivity index (χ2v) is 7.90. The lowest BCUT2D eigenvalue weighted by atomic mass is 10.2. The Bertz CT molecular complexity index is 1530. The van der Waals surface area contributed by atoms with Crippen LogP contribution in [0.3, 0.4) is 0 Å². The zero-order chi connectivity index (χ0) is 21.8. The minimum Gasteiger partial charge on any atom is -0.368 e. The Morgan fingerprint density at radius 3 is 2.76 bits per heavy atom. The van der Waals surface area contributed by atoms with Crippen molar-refractivity contribution in [2.24, 2.45) is 0 Å². The average Bonchev–Trinajstić information content (AvgIpc) is 3.53. The number of fused-ring (bicyclic) bond motifs is 2. The first-order valence-corrected chi connectivity index (χ1v) is 10.4. The Morgan fingerprint density at radius 2 is 1.94 bits per heavy atom. The van der Waals surface area contributed by atoms with Crippen molar-refractivity contribution in [3.05, 3.63) is 70.1 Å². The fourth-order valence-corrected chi connectivity index (χ4v) is 4.50. The third-order valence-electron chi connectivity index (χ3n) is 5.63. The third kappa shape index (κ3) is 3.29. The predicted octanol–water partition coefficient (Wildman–Crippen LogP) is 2.01. The number of anilines is 2. The number of hydrogen-bond donors (Lipinski definition) is 1. The summed E-state index contributed by atoms with van der Waals surface area (Å²) < 4.78 is 4.70. The van der Waals surface area contributed by atoms with E-state index in [4.69, 9.17) is 22.4 Å². The van der Waals surface area contributed by atoms with Crippen molar-refractivity contribution in [2.75, 3.05) is 17.2 Å². The van der Waals surface area contributed by atoms with E-state index >= 15 is 0 Å². The van der Waals surface area contributed by atoms with Gasteiger partial charge in [-0.05, 0) is 31.0 Å². The lowest BCUT2D eigenvalue weighted by molar-refractivity contribution is 0.591. The highest BCUT2D eigenvalue weighted by atomic mass is 35.5. The van der Waals surface area contributed by atoms with Gasteiger partial charge in [0.2, 0.25) is 11.9 Å². The quantitative estimate of drug-likeness (QED) is 0.414. The SMILES string of the molecule is Nc1nc(N2CCC[C@H]2c2nn3ccc(Cl)c3c(=O)n2-c2ccccc2)n2ncnc2n1.S. The van der Waals surface area contributed by atoms with E-state index in [0.717, 1.165) is 12.8 Å². The molecule has 33 heavy (non-hydrogen) atoms. The second kappa shape index (κ2) is 8.05. The van der Waals surface area contributed by atoms with Crippen molar-refractivity contribution in [1.82, 2.24) is 38.7 Å². The molecule has 6 rings (SSSR count). The minimum absolute atomic E-state index is 0. The summed E-state index contributed by atoms with van der Waals surface area (Å²) in [6.07, 6.45) is 4.74. The summed E-state index contributed by atoms with van der Waals surface area (Å²) in [6.45, 7) is 0.686. The summed E-state index contributed by atoms with van der Waals surface area (Å²) in [5.41, 5.74) is 6.73. The van der Waals surface area contributed by atoms with Gasteiger partial charge in [0.05, 0.1) is 16.8 Å². The van der Waals surface area contributed by atoms with Gasteiger partial charge in [0.25, 0.3) is 11.3 Å². The number of rotatable bonds is 3. The van der Waals surface area contributed by atoms with Gasteiger partial charge in [-0.3, -0.25) is 9.36 Å². The molecular formula is C20H19ClN10OS. The molecule has 0 saturated carbocycles. The molecule has 11 nitrogen and oxygen atoms in total. The molecular weight excluding hydrogens is 464 g/mol. The molecule has 1 atom stereocenters. The molecule has 1 aromatic carbocycles. The van der Waals surface area contributed by atoms with Gasteiger partial charge in [0.1, 0.15) is 11.8 Å². The van der Waals surface area contributed by atoms with Crippen molar-refractivity contribution in [3.8, 4) is 5.69 Å². The van der Waals surface area contributed by atoms with E-state index in [2.05, 4.69) is 20.1 Å². The maximum Gasteiger partial charge on any atom is 0.284 e. The number of hydrogen-bond acceptors (Lipinski definition) is 8. The highest BCUT2D eigenvalue weighted by molar-refractivity contribution is 7.59. The van der Waals surface area contributed by atoms with E-state index in [-0.39, 0.29) is 31.0 Å². The smallest absolute Gasteiger partial charge is 0.284 e. The number of halogens is 1. The van der Waals surface area contributed by atoms with E-state index in [0.29, 0.717) is 40.3 Å². The molecule has 0 spiro atoms. The minimum atomic E-state index is -0.254. The molecule has 1 saturated heterocycles. The van der Waals surface area contributed by atoms with Crippen LogP contribution in [0, 0.1) is 0 Å². The maximum absolute atomic E-state index is 13.6. The molecule has 4 aromatic heterocycles. The van der Waals surface area contributed by atoms with Gasteiger partial charge < -0.3 is 10.6 Å². The van der Waals surface area contributed by atoms with Crippen molar-refractivity contribution >= 4 is 48.3 Å². The monoisotopic (exact) mass is 482 g/mol. The third-order valence-corrected chi connectivity index (χ3v) is 5.94. The molecule has 5 heterocycles. The molecule has 1 aliphatic rings. The number of aromatic nitrogens is 8. The van der Waals surface area contributed by atoms with E-state index in [1.165, 1.54) is 10.8 Å². The predicted molar refractivity (Wildman–Crippen MR) is 128 cm³/mol. The Labute approximate surface area is 198 Å². The van der Waals surface area contributed by atoms with Gasteiger partial charge in [-0.15, -0.1) is 0 Å². The van der Waals surface area contributed by atoms with Crippen LogP contribution < -0.4 is 16.2 Å². The maximum atomic E-state index is 13.6. The topological polar surface area (TPSA) is 125 Å². The number of nitrogens with two attached hydrogens (primary N) is 1. The molecule has 2 N–H and O–H groups in total. The van der Waals surface area contributed by atoms with Crippen LogP contribution in [0.5, 0.6) is 0 Å². The molecule has 168 valence electrons. The molecule has 0 bridgehead atoms. The molecule has 0 unspecified atom stereocenters. The summed E-state index contributed by atoms with van der Waals surface area (Å²) in [5, 5.41) is 9.43. The lowest BCUT2D eigenvalue weighted by Gasteiger charge is -2.27. The summed E-state index contributed by atoms with van der Waals surface area (Å²) in [5.74, 6) is 1.54. The normalized spacial score (nSPS) is 15.9. The van der Waals surface area contributed by atoms with Crippen molar-refractivity contribution in [1.29, 1.82) is 0 Å². The van der Waals surface area contributed by atoms with Gasteiger partial charge in [0.15, 0.2) is 5.82 Å². The first kappa shape index (κ1) is 21.2. The molecule has 5 aromatic rings. The van der Waals surface area contributed by atoms with Crippen LogP contribution in [0.25, 0.3) is 17.0 Å². The van der Waals surface area contributed by atoms with Crippen LogP contribution in [-0.2, 0) is 0 Å². The van der Waals surface area contributed by atoms with Crippen LogP contribution in [-0.4, -0.2) is 45.3 Å². The Morgan fingerprint density at radius 1 is 1.12 bits per heavy atom. The Kier molecular flexibility index (Phi) is 5.17. The van der Waals surface area contributed by atoms with E-state index < -0.39 is 0 Å². The molecule has 1 fully saturated rings. The summed E-state index contributed by atoms with van der Waals surface area (Å²) in [7, 11) is 0. The van der Waals surface area contributed by atoms with Gasteiger partial charge in [-0.1, -0.05) is 29.8 Å². The molecule has 13 heteroatoms. The Balaban J connectivity index is 0.00000228. The van der Waals surface area contributed by atoms with E-state index in [9.17, 15) is 4.79 Å². The lowest BCUT2D eigenvalue weighted by Crippen LogP contribution is -2.34. The van der Waals surface area contributed by atoms with Crippen LogP contribution in [0.2, 0.25) is 5.02 Å². The molecule has 1 aliphatic heterocycles. The number of benzene rings is 1. The number of nitrogen functional groups attached to an aromatic ring is 1. The highest BCUT2D eigenvalue weighted by Gasteiger charge is 2.34. The molecule has 0 aliphatic carbocycles. The second-order valence-electron chi connectivity index (χ2n) is 7.50. The summed E-state index contributed by atoms with van der Waals surface area (Å²) >= 11 is 6.31. The van der Waals surface area contributed by atoms with Crippen LogP contribution in [0.15, 0.2) is 53.7 Å². The standard InChI is InChI=1S/C20H17ClN10O.H2S/c21-13-8-10-29-15(13)17(32)30(12-5-2-1-3-6-12)16(27-29)14-7-4-9-28(14)20-26-18(22)25-19-23-11-24-31(19)20;/h1-3,5-6,8,10-11,14H,4,7,9H2,(H2,22,23,24,25);1H2/t14-;/m0./s1. The van der Waals surface area contributed by atoms with Crippen molar-refractivity contribution in [3.63, 3.8) is 0 Å². The van der Waals surface area contributed by atoms with Crippen molar-refractivity contribution in [2.45, 2.75) is 18.9 Å². The zero-order valence-corrected chi connectivity index (χ0v) is 19.0. The summed E-state index contributed by atoms with van der Waals surface area (Å²) in [4.78, 5) is 28.3. The average molecular weight is 483 g/mol. The van der Waals surface area contributed by atoms with Crippen LogP contribution >= 0.6 is 25.1 Å². The Hall–Kier alpha value is -3.64. The van der Waals surface area contributed by atoms with Gasteiger partial charge in [-0.2, -0.15) is 43.2 Å². The largest absolute Gasteiger partial charge is 0.368 e. The highest BCUT2D eigenvalue weighted by Crippen LogP contribution is 2.35. The fourth-order valence-electron chi connectivity index (χ4n) is 4.28. The van der Waals surface area contributed by atoms with Gasteiger partial charge in [0, 0.05) is 12.7 Å². The summed E-state index contributed by atoms with van der Waals surface area (Å²) in [6, 6.07) is 10.8. The first-order valence-electron chi connectivity index (χ1n) is 10.1. The van der Waals surface area contributed by atoms with Gasteiger partial charge in [-0.25, -0.2) is 4.52 Å². The van der Waals surface area contributed by atoms with Crippen LogP contribution in [0.1, 0.15) is 24.7 Å². The van der Waals surface area contributed by atoms with Crippen molar-refractivity contribution < 1.29 is 0 Å². The number of para-hydroxylation sites is 1. The van der Waals surface area contributed by atoms with Gasteiger partial charge >= 0.3 is 0 Å². The first-order chi connectivity index (χ1) is 15.6. The van der Waals surface area contributed by atoms with Crippen LogP contribution in [0.4, 0.5) is 11.9 Å². The molecule has 0 radical (unpaired) electrons.